The summed E-state index contributed by atoms with van der Waals surface area (Å²) in [5.41, 5.74) is -2.56. The average molecular weight is 688 g/mol. The number of likely N-dealkylation sites (tertiary alicyclic amines) is 1. The first-order chi connectivity index (χ1) is 23.3. The van der Waals surface area contributed by atoms with Gasteiger partial charge in [0.2, 0.25) is 5.60 Å². The molecule has 10 nitrogen and oxygen atoms in total. The molecule has 1 saturated heterocycles. The number of rotatable bonds is 13. The molecule has 262 valence electrons. The number of hydrogen-bond donors (Lipinski definition) is 1. The third-order valence-electron chi connectivity index (χ3n) is 8.67. The van der Waals surface area contributed by atoms with E-state index in [1.54, 1.807) is 43.3 Å². The lowest BCUT2D eigenvalue weighted by atomic mass is 9.91. The van der Waals surface area contributed by atoms with Crippen LogP contribution in [0.25, 0.3) is 10.9 Å². The van der Waals surface area contributed by atoms with Gasteiger partial charge in [0.25, 0.3) is 5.69 Å². The predicted molar refractivity (Wildman–Crippen MR) is 172 cm³/mol. The van der Waals surface area contributed by atoms with Crippen LogP contribution in [0.1, 0.15) is 42.9 Å². The van der Waals surface area contributed by atoms with Crippen LogP contribution in [0, 0.1) is 15.9 Å². The van der Waals surface area contributed by atoms with Crippen LogP contribution in [0.4, 0.5) is 23.2 Å². The summed E-state index contributed by atoms with van der Waals surface area (Å²) in [5.74, 6) is -1.11. The Morgan fingerprint density at radius 1 is 1.06 bits per heavy atom. The summed E-state index contributed by atoms with van der Waals surface area (Å²) in [5, 5.41) is 23.1. The number of esters is 1. The molecule has 1 aromatic heterocycles. The lowest BCUT2D eigenvalue weighted by Crippen LogP contribution is -2.53. The van der Waals surface area contributed by atoms with Gasteiger partial charge in [-0.2, -0.15) is 13.2 Å². The Morgan fingerprint density at radius 3 is 2.41 bits per heavy atom. The molecule has 4 aromatic rings. The van der Waals surface area contributed by atoms with E-state index in [1.807, 2.05) is 0 Å². The summed E-state index contributed by atoms with van der Waals surface area (Å²) in [6.45, 7) is 1.48. The fourth-order valence-corrected chi connectivity index (χ4v) is 6.15. The first kappa shape index (κ1) is 35.6. The minimum Gasteiger partial charge on any atom is -0.493 e. The average Bonchev–Trinajstić information content (AvgIpc) is 3.43. The Hall–Kier alpha value is -4.69. The van der Waals surface area contributed by atoms with Gasteiger partial charge in [-0.1, -0.05) is 30.3 Å². The molecule has 0 amide bonds. The summed E-state index contributed by atoms with van der Waals surface area (Å²) in [6, 6.07) is 15.3. The number of aliphatic hydroxyl groups is 1. The van der Waals surface area contributed by atoms with Crippen LogP contribution in [-0.2, 0) is 28.1 Å². The fourth-order valence-electron chi connectivity index (χ4n) is 6.15. The van der Waals surface area contributed by atoms with Gasteiger partial charge in [0.1, 0.15) is 6.10 Å². The number of carbonyl (C=O) groups is 1. The van der Waals surface area contributed by atoms with Gasteiger partial charge in [-0.15, -0.1) is 0 Å². The number of β-amino-alcohol motifs (C(OH)–C–C–N with tert-alkyl or cyclic N) is 1. The maximum atomic E-state index is 15.2. The standard InChI is InChI=1S/C35H37F4N3O7/c1-3-48-32(43)12-9-24-17-29(36)33(31(18-24)47-2)49-26-13-15-40(16-14-26)22-34(44,35(37,38)39)28-21-41(20-23-7-5-4-6-8-23)30-19-25(42(45)46)10-11-27(28)30/h4-8,10-11,17-19,21,26,44H,3,9,12-16,20,22H2,1-2H3. The van der Waals surface area contributed by atoms with E-state index >= 15 is 4.39 Å². The molecular weight excluding hydrogens is 650 g/mol. The van der Waals surface area contributed by atoms with E-state index in [2.05, 4.69) is 0 Å². The van der Waals surface area contributed by atoms with Gasteiger partial charge in [0, 0.05) is 61.9 Å². The van der Waals surface area contributed by atoms with Gasteiger partial charge >= 0.3 is 12.1 Å². The quantitative estimate of drug-likeness (QED) is 0.0730. The molecule has 14 heteroatoms. The minimum absolute atomic E-state index is 0.0489. The Kier molecular flexibility index (Phi) is 10.8. The summed E-state index contributed by atoms with van der Waals surface area (Å²) >= 11 is 0. The molecule has 3 aromatic carbocycles. The second-order valence-corrected chi connectivity index (χ2v) is 12.0. The topological polar surface area (TPSA) is 116 Å². The number of nitro groups is 1. The van der Waals surface area contributed by atoms with E-state index < -0.39 is 46.7 Å². The van der Waals surface area contributed by atoms with E-state index in [0.29, 0.717) is 5.56 Å². The van der Waals surface area contributed by atoms with Crippen molar-refractivity contribution < 1.29 is 46.6 Å². The van der Waals surface area contributed by atoms with Crippen LogP contribution in [0.15, 0.2) is 66.9 Å². The summed E-state index contributed by atoms with van der Waals surface area (Å²) < 4.78 is 77.5. The van der Waals surface area contributed by atoms with E-state index in [4.69, 9.17) is 14.2 Å². The highest BCUT2D eigenvalue weighted by Crippen LogP contribution is 2.44. The third-order valence-corrected chi connectivity index (χ3v) is 8.67. The molecule has 2 heterocycles. The van der Waals surface area contributed by atoms with Crippen LogP contribution in [0.2, 0.25) is 0 Å². The van der Waals surface area contributed by atoms with Gasteiger partial charge in [0.05, 0.1) is 24.2 Å². The Bertz CT molecular complexity index is 1790. The van der Waals surface area contributed by atoms with E-state index in [1.165, 1.54) is 41.0 Å². The molecule has 1 fully saturated rings. The second kappa shape index (κ2) is 14.8. The van der Waals surface area contributed by atoms with Crippen molar-refractivity contribution in [3.63, 3.8) is 0 Å². The number of non-ortho nitro benzene ring substituents is 1. The number of nitrogens with zero attached hydrogens (tertiary/aromatic N) is 3. The zero-order valence-electron chi connectivity index (χ0n) is 27.0. The lowest BCUT2D eigenvalue weighted by molar-refractivity contribution is -0.384. The maximum Gasteiger partial charge on any atom is 0.422 e. The van der Waals surface area contributed by atoms with Crippen molar-refractivity contribution in [2.24, 2.45) is 0 Å². The smallest absolute Gasteiger partial charge is 0.422 e. The maximum absolute atomic E-state index is 15.2. The summed E-state index contributed by atoms with van der Waals surface area (Å²) in [6.07, 6.45) is -3.65. The molecule has 0 saturated carbocycles. The molecule has 0 radical (unpaired) electrons. The van der Waals surface area contributed by atoms with Gasteiger partial charge in [-0.3, -0.25) is 19.8 Å². The number of aromatic nitrogens is 1. The van der Waals surface area contributed by atoms with Crippen LogP contribution < -0.4 is 9.47 Å². The van der Waals surface area contributed by atoms with Gasteiger partial charge in [-0.05, 0) is 55.5 Å². The number of alkyl halides is 3. The number of carbonyl (C=O) groups excluding carboxylic acids is 1. The number of benzene rings is 3. The molecule has 1 aliphatic heterocycles. The monoisotopic (exact) mass is 687 g/mol. The van der Waals surface area contributed by atoms with Crippen molar-refractivity contribution in [1.82, 2.24) is 9.47 Å². The van der Waals surface area contributed by atoms with Crippen molar-refractivity contribution in [2.45, 2.75) is 57.0 Å². The molecule has 1 unspecified atom stereocenters. The minimum atomic E-state index is -5.10. The molecule has 0 spiro atoms. The van der Waals surface area contributed by atoms with Crippen LogP contribution >= 0.6 is 0 Å². The van der Waals surface area contributed by atoms with E-state index in [9.17, 15) is 33.2 Å². The van der Waals surface area contributed by atoms with Gasteiger partial charge < -0.3 is 23.9 Å². The van der Waals surface area contributed by atoms with Crippen molar-refractivity contribution >= 4 is 22.6 Å². The molecule has 0 bridgehead atoms. The number of halogens is 4. The lowest BCUT2D eigenvalue weighted by Gasteiger charge is -2.39. The van der Waals surface area contributed by atoms with Crippen LogP contribution in [0.3, 0.4) is 0 Å². The van der Waals surface area contributed by atoms with Crippen molar-refractivity contribution in [3.05, 3.63) is 99.5 Å². The SMILES string of the molecule is CCOC(=O)CCc1cc(F)c(OC2CCN(CC(O)(c3cn(Cc4ccccc4)c4cc([N+](=O)[O-])ccc34)C(F)(F)F)CC2)c(OC)c1. The number of hydrogen-bond acceptors (Lipinski definition) is 8. The highest BCUT2D eigenvalue weighted by molar-refractivity contribution is 5.87. The predicted octanol–water partition coefficient (Wildman–Crippen LogP) is 6.53. The van der Waals surface area contributed by atoms with Crippen molar-refractivity contribution in [3.8, 4) is 11.5 Å². The first-order valence-electron chi connectivity index (χ1n) is 15.8. The third kappa shape index (κ3) is 7.97. The van der Waals surface area contributed by atoms with Crippen LogP contribution in [0.5, 0.6) is 11.5 Å². The number of ether oxygens (including phenoxy) is 3. The molecular formula is C35H37F4N3O7. The number of methoxy groups -OCH3 is 1. The van der Waals surface area contributed by atoms with E-state index in [0.717, 1.165) is 11.6 Å². The number of aryl methyl sites for hydroxylation is 1. The number of piperidine rings is 1. The summed E-state index contributed by atoms with van der Waals surface area (Å²) in [4.78, 5) is 24.1. The number of nitro benzene ring substituents is 1. The Balaban J connectivity index is 1.34. The molecule has 49 heavy (non-hydrogen) atoms. The van der Waals surface area contributed by atoms with Crippen molar-refractivity contribution in [1.29, 1.82) is 0 Å². The zero-order chi connectivity index (χ0) is 35.3. The fraction of sp³-hybridized carbons (Fsp3) is 0.400. The van der Waals surface area contributed by atoms with Crippen LogP contribution in [-0.4, -0.2) is 71.1 Å². The molecule has 1 N–H and O–H groups in total. The summed E-state index contributed by atoms with van der Waals surface area (Å²) in [7, 11) is 1.35. The molecule has 1 atom stereocenters. The zero-order valence-corrected chi connectivity index (χ0v) is 27.0. The van der Waals surface area contributed by atoms with Crippen molar-refractivity contribution in [2.75, 3.05) is 33.4 Å². The Morgan fingerprint density at radius 2 is 1.78 bits per heavy atom. The molecule has 1 aliphatic rings. The number of fused-ring (bicyclic) bond motifs is 1. The first-order valence-corrected chi connectivity index (χ1v) is 15.8. The highest BCUT2D eigenvalue weighted by Gasteiger charge is 2.57. The molecule has 5 rings (SSSR count). The Labute approximate surface area is 279 Å². The highest BCUT2D eigenvalue weighted by atomic mass is 19.4. The normalized spacial score (nSPS) is 15.6. The van der Waals surface area contributed by atoms with Gasteiger partial charge in [-0.25, -0.2) is 4.39 Å². The molecule has 0 aliphatic carbocycles. The largest absolute Gasteiger partial charge is 0.493 e. The van der Waals surface area contributed by atoms with E-state index in [-0.39, 0.29) is 80.0 Å². The second-order valence-electron chi connectivity index (χ2n) is 12.0. The van der Waals surface area contributed by atoms with Gasteiger partial charge in [0.15, 0.2) is 17.3 Å².